The number of halogens is 4. The van der Waals surface area contributed by atoms with E-state index in [1.807, 2.05) is 0 Å². The molecule has 1 aromatic rings. The molecular formula is C18H17F4N3O4S. The highest BCUT2D eigenvalue weighted by Crippen LogP contribution is 2.53. The fraction of sp³-hybridized carbons (Fsp3) is 0.500. The van der Waals surface area contributed by atoms with Gasteiger partial charge in [-0.3, -0.25) is 9.69 Å². The van der Waals surface area contributed by atoms with Gasteiger partial charge < -0.3 is 20.1 Å². The maximum absolute atomic E-state index is 14.7. The van der Waals surface area contributed by atoms with Gasteiger partial charge in [-0.25, -0.2) is 22.4 Å². The Labute approximate surface area is 173 Å². The van der Waals surface area contributed by atoms with E-state index in [2.05, 4.69) is 17.5 Å². The van der Waals surface area contributed by atoms with E-state index in [1.54, 1.807) is 0 Å². The summed E-state index contributed by atoms with van der Waals surface area (Å²) in [6.07, 6.45) is -4.52. The lowest BCUT2D eigenvalue weighted by Gasteiger charge is -2.24. The monoisotopic (exact) mass is 447 g/mol. The molecule has 1 amide bonds. The molecule has 3 fully saturated rings. The SMILES string of the molecule is O=C(O)C1C2CN(c3c(F)cc(N4CC(CNC(=S)C(F)F)OC4=O)cc3F)CC21. The van der Waals surface area contributed by atoms with Crippen molar-refractivity contribution in [2.24, 2.45) is 17.8 Å². The van der Waals surface area contributed by atoms with Crippen LogP contribution in [0.4, 0.5) is 33.7 Å². The van der Waals surface area contributed by atoms with Crippen molar-refractivity contribution in [3.05, 3.63) is 23.8 Å². The van der Waals surface area contributed by atoms with Gasteiger partial charge in [0, 0.05) is 25.2 Å². The minimum Gasteiger partial charge on any atom is -0.481 e. The molecule has 2 N–H and O–H groups in total. The van der Waals surface area contributed by atoms with Gasteiger partial charge in [0.05, 0.1) is 24.7 Å². The largest absolute Gasteiger partial charge is 0.481 e. The van der Waals surface area contributed by atoms with Gasteiger partial charge in [-0.05, 0) is 11.8 Å². The highest BCUT2D eigenvalue weighted by molar-refractivity contribution is 7.80. The molecule has 2 aliphatic heterocycles. The Morgan fingerprint density at radius 3 is 2.37 bits per heavy atom. The Balaban J connectivity index is 1.43. The molecule has 4 rings (SSSR count). The third-order valence-corrected chi connectivity index (χ3v) is 6.01. The number of aliphatic carboxylic acids is 1. The third kappa shape index (κ3) is 3.64. The summed E-state index contributed by atoms with van der Waals surface area (Å²) in [5.41, 5.74) is -0.325. The Morgan fingerprint density at radius 1 is 1.23 bits per heavy atom. The zero-order valence-electron chi connectivity index (χ0n) is 15.4. The minimum absolute atomic E-state index is 0.0644. The lowest BCUT2D eigenvalue weighted by atomic mass is 10.2. The second-order valence-corrected chi connectivity index (χ2v) is 7.96. The number of nitrogens with one attached hydrogen (secondary N) is 1. The van der Waals surface area contributed by atoms with Gasteiger partial charge >= 0.3 is 12.1 Å². The number of ether oxygens (including phenoxy) is 1. The number of benzene rings is 1. The van der Waals surface area contributed by atoms with Crippen molar-refractivity contribution in [1.29, 1.82) is 0 Å². The summed E-state index contributed by atoms with van der Waals surface area (Å²) in [7, 11) is 0. The summed E-state index contributed by atoms with van der Waals surface area (Å²) in [5.74, 6) is -3.37. The van der Waals surface area contributed by atoms with Crippen LogP contribution in [-0.2, 0) is 9.53 Å². The van der Waals surface area contributed by atoms with Gasteiger partial charge in [0.15, 0.2) is 11.6 Å². The lowest BCUT2D eigenvalue weighted by Crippen LogP contribution is -2.36. The molecule has 0 aromatic heterocycles. The van der Waals surface area contributed by atoms with Gasteiger partial charge in [0.25, 0.3) is 6.43 Å². The Bertz CT molecular complexity index is 882. The number of alkyl halides is 2. The van der Waals surface area contributed by atoms with E-state index in [9.17, 15) is 27.2 Å². The number of nitrogens with zero attached hydrogens (tertiary/aromatic N) is 2. The summed E-state index contributed by atoms with van der Waals surface area (Å²) in [5, 5.41) is 11.3. The Kier molecular flexibility index (Phi) is 5.20. The van der Waals surface area contributed by atoms with Gasteiger partial charge in [-0.1, -0.05) is 12.2 Å². The van der Waals surface area contributed by atoms with Crippen LogP contribution in [0.1, 0.15) is 0 Å². The molecule has 1 aliphatic carbocycles. The van der Waals surface area contributed by atoms with E-state index < -0.39 is 47.1 Å². The van der Waals surface area contributed by atoms with Crippen LogP contribution in [0.5, 0.6) is 0 Å². The van der Waals surface area contributed by atoms with E-state index in [1.165, 1.54) is 4.90 Å². The quantitative estimate of drug-likeness (QED) is 0.511. The normalized spacial score (nSPS) is 27.3. The molecule has 1 aromatic carbocycles. The zero-order chi connectivity index (χ0) is 21.7. The first-order chi connectivity index (χ1) is 14.2. The number of piperidine rings is 1. The van der Waals surface area contributed by atoms with Crippen molar-refractivity contribution in [3.8, 4) is 0 Å². The standard InChI is InChI=1S/C18H17F4N3O4S/c19-11-1-7(25-4-8(29-18(25)28)3-23-16(30)15(21)22)2-12(20)14(11)24-5-9-10(6-24)13(9)17(26)27/h1-2,8-10,13,15H,3-6H2,(H,23,30)(H,26,27). The molecule has 3 atom stereocenters. The first kappa shape index (κ1) is 20.6. The molecule has 2 heterocycles. The molecule has 7 nitrogen and oxygen atoms in total. The van der Waals surface area contributed by atoms with E-state index in [0.717, 1.165) is 17.0 Å². The lowest BCUT2D eigenvalue weighted by molar-refractivity contribution is -0.139. The van der Waals surface area contributed by atoms with Crippen LogP contribution in [0.25, 0.3) is 0 Å². The van der Waals surface area contributed by atoms with Crippen molar-refractivity contribution in [2.45, 2.75) is 12.5 Å². The fourth-order valence-corrected chi connectivity index (χ4v) is 4.30. The third-order valence-electron chi connectivity index (χ3n) is 5.68. The first-order valence-electron chi connectivity index (χ1n) is 9.18. The molecular weight excluding hydrogens is 430 g/mol. The van der Waals surface area contributed by atoms with Crippen molar-refractivity contribution >= 4 is 40.6 Å². The highest BCUT2D eigenvalue weighted by Gasteiger charge is 2.60. The molecule has 1 saturated carbocycles. The smallest absolute Gasteiger partial charge is 0.414 e. The summed E-state index contributed by atoms with van der Waals surface area (Å²) in [6, 6.07) is 2.00. The maximum atomic E-state index is 14.7. The second kappa shape index (κ2) is 7.56. The van der Waals surface area contributed by atoms with E-state index >= 15 is 0 Å². The molecule has 12 heteroatoms. The minimum atomic E-state index is -2.84. The molecule has 0 bridgehead atoms. The number of carboxylic acid groups (broad SMARTS) is 1. The maximum Gasteiger partial charge on any atom is 0.414 e. The van der Waals surface area contributed by atoms with Crippen molar-refractivity contribution < 1.29 is 37.0 Å². The number of rotatable bonds is 6. The molecule has 0 radical (unpaired) electrons. The van der Waals surface area contributed by atoms with Crippen LogP contribution in [0, 0.1) is 29.4 Å². The molecule has 0 spiro atoms. The molecule has 162 valence electrons. The molecule has 3 unspecified atom stereocenters. The average Bonchev–Trinajstić information content (AvgIpc) is 2.98. The van der Waals surface area contributed by atoms with E-state index in [4.69, 9.17) is 9.84 Å². The number of thiocarbonyl (C=S) groups is 1. The number of anilines is 2. The summed E-state index contributed by atoms with van der Waals surface area (Å²) in [6.45, 7) is 0.247. The topological polar surface area (TPSA) is 82.1 Å². The second-order valence-electron chi connectivity index (χ2n) is 7.52. The van der Waals surface area contributed by atoms with Crippen LogP contribution in [0.3, 0.4) is 0 Å². The molecule has 3 aliphatic rings. The number of fused-ring (bicyclic) bond motifs is 1. The van der Waals surface area contributed by atoms with Gasteiger partial charge in [0.1, 0.15) is 16.8 Å². The van der Waals surface area contributed by atoms with Gasteiger partial charge in [-0.2, -0.15) is 0 Å². The van der Waals surface area contributed by atoms with Crippen molar-refractivity contribution in [3.63, 3.8) is 0 Å². The summed E-state index contributed by atoms with van der Waals surface area (Å²) >= 11 is 4.45. The number of carbonyl (C=O) groups excluding carboxylic acids is 1. The van der Waals surface area contributed by atoms with Crippen LogP contribution in [0.2, 0.25) is 0 Å². The number of hydrogen-bond acceptors (Lipinski definition) is 5. The number of carboxylic acids is 1. The zero-order valence-corrected chi connectivity index (χ0v) is 16.2. The number of hydrogen-bond donors (Lipinski definition) is 2. The van der Waals surface area contributed by atoms with Crippen LogP contribution in [-0.4, -0.2) is 60.9 Å². The first-order valence-corrected chi connectivity index (χ1v) is 9.59. The summed E-state index contributed by atoms with van der Waals surface area (Å²) in [4.78, 5) is 24.9. The van der Waals surface area contributed by atoms with Crippen LogP contribution >= 0.6 is 12.2 Å². The van der Waals surface area contributed by atoms with Gasteiger partial charge in [-0.15, -0.1) is 0 Å². The van der Waals surface area contributed by atoms with Crippen molar-refractivity contribution in [2.75, 3.05) is 36.0 Å². The fourth-order valence-electron chi connectivity index (χ4n) is 4.22. The van der Waals surface area contributed by atoms with Crippen molar-refractivity contribution in [1.82, 2.24) is 5.32 Å². The Morgan fingerprint density at radius 2 is 1.83 bits per heavy atom. The average molecular weight is 447 g/mol. The number of carbonyl (C=O) groups is 2. The van der Waals surface area contributed by atoms with Gasteiger partial charge in [0.2, 0.25) is 0 Å². The number of amides is 1. The van der Waals surface area contributed by atoms with E-state index in [-0.39, 0.29) is 49.4 Å². The van der Waals surface area contributed by atoms with Crippen LogP contribution in [0.15, 0.2) is 12.1 Å². The number of cyclic esters (lactones) is 1. The Hall–Kier alpha value is -2.63. The predicted molar refractivity (Wildman–Crippen MR) is 101 cm³/mol. The molecule has 30 heavy (non-hydrogen) atoms. The molecule has 2 saturated heterocycles. The summed E-state index contributed by atoms with van der Waals surface area (Å²) < 4.78 is 59.3. The van der Waals surface area contributed by atoms with E-state index in [0.29, 0.717) is 0 Å². The van der Waals surface area contributed by atoms with Crippen LogP contribution < -0.4 is 15.1 Å². The predicted octanol–water partition coefficient (Wildman–Crippen LogP) is 2.24. The highest BCUT2D eigenvalue weighted by atomic mass is 32.1.